The first-order chi connectivity index (χ1) is 35.6. The lowest BCUT2D eigenvalue weighted by atomic mass is 9.97. The summed E-state index contributed by atoms with van der Waals surface area (Å²) in [5, 5.41) is 4.77. The lowest BCUT2D eigenvalue weighted by molar-refractivity contribution is 1.06. The molecule has 0 saturated heterocycles. The van der Waals surface area contributed by atoms with Crippen LogP contribution in [0.5, 0.6) is 0 Å². The van der Waals surface area contributed by atoms with E-state index in [1.807, 2.05) is 60.7 Å². The van der Waals surface area contributed by atoms with Gasteiger partial charge in [0.1, 0.15) is 0 Å². The summed E-state index contributed by atoms with van der Waals surface area (Å²) in [7, 11) is 0. The highest BCUT2D eigenvalue weighted by Gasteiger charge is 2.20. The van der Waals surface area contributed by atoms with Crippen LogP contribution in [0.25, 0.3) is 126 Å². The Labute approximate surface area is 395 Å². The number of para-hydroxylation sites is 3. The third-order valence-electron chi connectivity index (χ3n) is 12.4. The number of nitrogens with zero attached hydrogens (tertiary/aromatic N) is 4. The number of thiophene rings is 1. The second-order valence-electron chi connectivity index (χ2n) is 16.2. The minimum Gasteiger partial charge on any atom is -0.309 e. The van der Waals surface area contributed by atoms with Crippen LogP contribution in [0.15, 0.2) is 230 Å². The highest BCUT2D eigenvalue weighted by molar-refractivity contribution is 7.26. The molecule has 13 rings (SSSR count). The minimum atomic E-state index is -0.466. The average molecular weight is 866 g/mol. The Morgan fingerprint density at radius 3 is 1.80 bits per heavy atom. The molecule has 0 aliphatic heterocycles. The van der Waals surface area contributed by atoms with E-state index in [4.69, 9.17) is 21.8 Å². The maximum absolute atomic E-state index is 9.25. The number of aromatic nitrogens is 4. The van der Waals surface area contributed by atoms with Crippen LogP contribution in [0.1, 0.15) is 9.60 Å². The van der Waals surface area contributed by atoms with Gasteiger partial charge in [-0.05, 0) is 92.6 Å². The molecule has 5 heteroatoms. The number of hydrogen-bond acceptors (Lipinski definition) is 4. The second kappa shape index (κ2) is 15.6. The van der Waals surface area contributed by atoms with E-state index >= 15 is 0 Å². The largest absolute Gasteiger partial charge is 0.309 e. The van der Waals surface area contributed by atoms with E-state index in [0.717, 1.165) is 49.7 Å². The van der Waals surface area contributed by atoms with E-state index in [2.05, 4.69) is 115 Å². The summed E-state index contributed by atoms with van der Waals surface area (Å²) < 4.78 is 66.5. The Kier molecular flexibility index (Phi) is 7.43. The van der Waals surface area contributed by atoms with Crippen LogP contribution in [0.4, 0.5) is 0 Å². The highest BCUT2D eigenvalue weighted by atomic mass is 32.1. The van der Waals surface area contributed by atoms with Crippen LogP contribution in [-0.2, 0) is 0 Å². The van der Waals surface area contributed by atoms with E-state index in [1.165, 1.54) is 31.8 Å². The van der Waals surface area contributed by atoms with E-state index in [0.29, 0.717) is 22.9 Å². The quantitative estimate of drug-likeness (QED) is 0.160. The Balaban J connectivity index is 1.03. The van der Waals surface area contributed by atoms with E-state index in [1.54, 1.807) is 22.0 Å². The highest BCUT2D eigenvalue weighted by Crippen LogP contribution is 2.43. The van der Waals surface area contributed by atoms with Gasteiger partial charge >= 0.3 is 0 Å². The first-order valence-corrected chi connectivity index (χ1v) is 22.5. The van der Waals surface area contributed by atoms with Gasteiger partial charge in [-0.2, -0.15) is 0 Å². The van der Waals surface area contributed by atoms with Crippen molar-refractivity contribution in [2.75, 3.05) is 0 Å². The van der Waals surface area contributed by atoms with Crippen molar-refractivity contribution in [3.8, 4) is 73.2 Å². The molecule has 0 saturated carbocycles. The monoisotopic (exact) mass is 865 g/mol. The molecule has 0 atom stereocenters. The predicted octanol–water partition coefficient (Wildman–Crippen LogP) is 16.5. The molecule has 3 heterocycles. The number of benzene rings is 10. The van der Waals surface area contributed by atoms with Crippen molar-refractivity contribution >= 4 is 64.1 Å². The van der Waals surface area contributed by atoms with Gasteiger partial charge in [0.05, 0.1) is 26.3 Å². The van der Waals surface area contributed by atoms with Gasteiger partial charge in [-0.3, -0.25) is 0 Å². The van der Waals surface area contributed by atoms with E-state index in [9.17, 15) is 2.74 Å². The van der Waals surface area contributed by atoms with Gasteiger partial charge in [0.15, 0.2) is 17.5 Å². The molecule has 0 aliphatic rings. The van der Waals surface area contributed by atoms with Crippen molar-refractivity contribution in [2.45, 2.75) is 0 Å². The zero-order valence-corrected chi connectivity index (χ0v) is 35.9. The van der Waals surface area contributed by atoms with E-state index in [-0.39, 0.29) is 57.8 Å². The van der Waals surface area contributed by atoms with Gasteiger partial charge in [-0.1, -0.05) is 182 Å². The predicted molar refractivity (Wildman–Crippen MR) is 277 cm³/mol. The van der Waals surface area contributed by atoms with Crippen LogP contribution in [-0.4, -0.2) is 19.5 Å². The molecule has 0 unspecified atom stereocenters. The van der Waals surface area contributed by atoms with Crippen LogP contribution < -0.4 is 0 Å². The summed E-state index contributed by atoms with van der Waals surface area (Å²) in [5.74, 6) is 1.09. The van der Waals surface area contributed by atoms with Crippen LogP contribution in [0.3, 0.4) is 0 Å². The fourth-order valence-electron chi connectivity index (χ4n) is 9.29. The zero-order chi connectivity index (χ0) is 49.6. The molecular weight excluding hydrogens is 821 g/mol. The lowest BCUT2D eigenvalue weighted by Crippen LogP contribution is -2.03. The summed E-state index contributed by atoms with van der Waals surface area (Å²) in [5.41, 5.74) is 9.10. The number of fused-ring (bicyclic) bond motifs is 7. The van der Waals surface area contributed by atoms with Crippen LogP contribution in [0, 0.1) is 0 Å². The van der Waals surface area contributed by atoms with Crippen molar-refractivity contribution in [3.63, 3.8) is 0 Å². The summed E-state index contributed by atoms with van der Waals surface area (Å²) in [6.45, 7) is 0. The molecule has 0 amide bonds. The van der Waals surface area contributed by atoms with Gasteiger partial charge in [-0.25, -0.2) is 15.0 Å². The molecular formula is C61H38N4S. The minimum absolute atomic E-state index is 0.0628. The topological polar surface area (TPSA) is 43.6 Å². The summed E-state index contributed by atoms with van der Waals surface area (Å²) in [6, 6.07) is 60.9. The first kappa shape index (κ1) is 31.4. The van der Waals surface area contributed by atoms with Crippen molar-refractivity contribution in [1.29, 1.82) is 0 Å². The standard InChI is InChI=1S/C61H38N4S/c1-2-16-39(17-3-1)41-34-35-57-53(38-41)51-30-15-29-48(58(51)66-57)43-21-13-23-45(37-43)60-62-59(44-22-12-20-42(36-44)47-28-14-19-40-18-4-5-24-46(40)47)63-61(64-60)52-27-8-11-33-56(52)65-54-31-9-6-25-49(54)50-26-7-10-32-55(50)65/h1-38H/i6D,7D,9D,25D,26D,31D,32D. The van der Waals surface area contributed by atoms with Gasteiger partial charge in [0.25, 0.3) is 0 Å². The molecule has 0 fully saturated rings. The maximum Gasteiger partial charge on any atom is 0.166 e. The van der Waals surface area contributed by atoms with E-state index < -0.39 is 12.1 Å². The molecule has 0 radical (unpaired) electrons. The smallest absolute Gasteiger partial charge is 0.166 e. The molecule has 13 aromatic rings. The third-order valence-corrected chi connectivity index (χ3v) is 13.6. The molecule has 0 aliphatic carbocycles. The van der Waals surface area contributed by atoms with Crippen molar-refractivity contribution in [1.82, 2.24) is 19.5 Å². The molecule has 3 aromatic heterocycles. The Bertz CT molecular complexity index is 4430. The molecule has 0 spiro atoms. The normalized spacial score (nSPS) is 13.1. The van der Waals surface area contributed by atoms with Gasteiger partial charge in [0.2, 0.25) is 0 Å². The molecule has 0 bridgehead atoms. The van der Waals surface area contributed by atoms with Gasteiger partial charge in [-0.15, -0.1) is 11.3 Å². The first-order valence-electron chi connectivity index (χ1n) is 25.2. The maximum atomic E-state index is 9.25. The van der Waals surface area contributed by atoms with Crippen LogP contribution >= 0.6 is 11.3 Å². The Morgan fingerprint density at radius 1 is 0.364 bits per heavy atom. The summed E-state index contributed by atoms with van der Waals surface area (Å²) >= 11 is 1.77. The molecule has 0 N–H and O–H groups in total. The fourth-order valence-corrected chi connectivity index (χ4v) is 10.5. The Morgan fingerprint density at radius 2 is 0.955 bits per heavy atom. The molecule has 4 nitrogen and oxygen atoms in total. The summed E-state index contributed by atoms with van der Waals surface area (Å²) in [4.78, 5) is 15.7. The SMILES string of the molecule is [2H]c1cc([2H])c2c(c1[2H])c1c([2H])c([2H])c([2H])c([2H])c1n2-c1ccccc1-c1nc(-c2cccc(-c3cccc4ccccc34)c2)nc(-c2cccc(-c3cccc4c3sc3ccc(-c5ccccc5)cc34)c2)n1. The third kappa shape index (κ3) is 6.40. The van der Waals surface area contributed by atoms with Crippen LogP contribution in [0.2, 0.25) is 0 Å². The van der Waals surface area contributed by atoms with Gasteiger partial charge in [0, 0.05) is 47.6 Å². The van der Waals surface area contributed by atoms with Crippen molar-refractivity contribution < 1.29 is 9.60 Å². The molecule has 10 aromatic carbocycles. The second-order valence-corrected chi connectivity index (χ2v) is 17.3. The summed E-state index contributed by atoms with van der Waals surface area (Å²) in [6.07, 6.45) is 0. The fraction of sp³-hybridized carbons (Fsp3) is 0. The van der Waals surface area contributed by atoms with Crippen molar-refractivity contribution in [2.24, 2.45) is 0 Å². The van der Waals surface area contributed by atoms with Gasteiger partial charge < -0.3 is 4.57 Å². The number of hydrogen-bond donors (Lipinski definition) is 0. The lowest BCUT2D eigenvalue weighted by Gasteiger charge is -2.15. The molecule has 66 heavy (non-hydrogen) atoms. The average Bonchev–Trinajstić information content (AvgIpc) is 4.01. The van der Waals surface area contributed by atoms with Crippen molar-refractivity contribution in [3.05, 3.63) is 230 Å². The Hall–Kier alpha value is -8.51. The zero-order valence-electron chi connectivity index (χ0n) is 42.1. The number of rotatable bonds is 7. The molecule has 308 valence electrons.